The van der Waals surface area contributed by atoms with E-state index in [4.69, 9.17) is 4.89 Å². The van der Waals surface area contributed by atoms with Crippen LogP contribution in [0.5, 0.6) is 0 Å². The SMILES string of the molecule is CCCCCOP(C)(=O)O.[Co]. The molecule has 1 N–H and O–H groups in total. The van der Waals surface area contributed by atoms with Crippen LogP contribution in [0.2, 0.25) is 0 Å². The molecule has 0 aromatic rings. The Hall–Kier alpha value is 0.656. The first-order chi connectivity index (χ1) is 4.56. The van der Waals surface area contributed by atoms with E-state index < -0.39 is 7.60 Å². The Bertz CT molecular complexity index is 123. The van der Waals surface area contributed by atoms with Crippen molar-refractivity contribution in [3.8, 4) is 0 Å². The van der Waals surface area contributed by atoms with Crippen LogP contribution >= 0.6 is 7.60 Å². The fourth-order valence-corrected chi connectivity index (χ4v) is 1.05. The molecule has 0 heterocycles. The van der Waals surface area contributed by atoms with Crippen LogP contribution in [-0.2, 0) is 25.9 Å². The number of rotatable bonds is 5. The number of hydrogen-bond donors (Lipinski definition) is 1. The van der Waals surface area contributed by atoms with Gasteiger partial charge in [0.2, 0.25) is 0 Å². The van der Waals surface area contributed by atoms with Gasteiger partial charge in [0.1, 0.15) is 0 Å². The van der Waals surface area contributed by atoms with E-state index in [-0.39, 0.29) is 16.8 Å². The summed E-state index contributed by atoms with van der Waals surface area (Å²) >= 11 is 0. The molecule has 0 bridgehead atoms. The van der Waals surface area contributed by atoms with E-state index in [2.05, 4.69) is 11.4 Å². The predicted molar refractivity (Wildman–Crippen MR) is 41.2 cm³/mol. The Balaban J connectivity index is 0. The topological polar surface area (TPSA) is 46.5 Å². The molecule has 1 unspecified atom stereocenters. The second kappa shape index (κ2) is 7.31. The molecule has 1 radical (unpaired) electrons. The van der Waals surface area contributed by atoms with Gasteiger partial charge in [0, 0.05) is 23.4 Å². The average molecular weight is 225 g/mol. The van der Waals surface area contributed by atoms with Gasteiger partial charge < -0.3 is 9.42 Å². The minimum Gasteiger partial charge on any atom is -0.324 e. The second-order valence-corrected chi connectivity index (χ2v) is 4.21. The van der Waals surface area contributed by atoms with Gasteiger partial charge in [-0.05, 0) is 6.42 Å². The largest absolute Gasteiger partial charge is 0.325 e. The molecule has 0 amide bonds. The van der Waals surface area contributed by atoms with Crippen LogP contribution in [0.15, 0.2) is 0 Å². The third-order valence-corrected chi connectivity index (χ3v) is 1.74. The molecular weight excluding hydrogens is 210 g/mol. The Morgan fingerprint density at radius 1 is 1.45 bits per heavy atom. The van der Waals surface area contributed by atoms with Gasteiger partial charge in [-0.3, -0.25) is 4.57 Å². The summed E-state index contributed by atoms with van der Waals surface area (Å²) < 4.78 is 15.2. The summed E-state index contributed by atoms with van der Waals surface area (Å²) in [5, 5.41) is 0. The first-order valence-electron chi connectivity index (χ1n) is 3.51. The van der Waals surface area contributed by atoms with Crippen molar-refractivity contribution in [3.05, 3.63) is 0 Å². The van der Waals surface area contributed by atoms with E-state index in [1.54, 1.807) is 0 Å². The molecule has 0 spiro atoms. The molecule has 0 saturated carbocycles. The molecule has 0 saturated heterocycles. The second-order valence-electron chi connectivity index (χ2n) is 2.34. The molecule has 71 valence electrons. The van der Waals surface area contributed by atoms with Crippen LogP contribution in [0.25, 0.3) is 0 Å². The van der Waals surface area contributed by atoms with Gasteiger partial charge in [-0.25, -0.2) is 0 Å². The molecular formula is C6H15CoO3P. The molecule has 0 aromatic heterocycles. The summed E-state index contributed by atoms with van der Waals surface area (Å²) in [6, 6.07) is 0. The van der Waals surface area contributed by atoms with Crippen LogP contribution in [0.3, 0.4) is 0 Å². The van der Waals surface area contributed by atoms with Gasteiger partial charge in [-0.15, -0.1) is 0 Å². The standard InChI is InChI=1S/C6H15O3P.Co/c1-3-4-5-6-9-10(2,7)8;/h3-6H2,1-2H3,(H,7,8);. The monoisotopic (exact) mass is 225 g/mol. The van der Waals surface area contributed by atoms with E-state index in [1.807, 2.05) is 0 Å². The normalized spacial score (nSPS) is 15.2. The average Bonchev–Trinajstić information content (AvgIpc) is 1.78. The van der Waals surface area contributed by atoms with Gasteiger partial charge in [0.05, 0.1) is 6.61 Å². The Kier molecular flexibility index (Phi) is 9.44. The molecule has 0 fully saturated rings. The van der Waals surface area contributed by atoms with Crippen molar-refractivity contribution in [2.45, 2.75) is 26.2 Å². The van der Waals surface area contributed by atoms with Gasteiger partial charge in [0.15, 0.2) is 0 Å². The maximum Gasteiger partial charge on any atom is 0.325 e. The summed E-state index contributed by atoms with van der Waals surface area (Å²) in [5.74, 6) is 0. The fourth-order valence-electron chi connectivity index (χ4n) is 0.586. The maximum absolute atomic E-state index is 10.5. The first kappa shape index (κ1) is 14.2. The van der Waals surface area contributed by atoms with Crippen LogP contribution in [-0.4, -0.2) is 18.2 Å². The molecule has 11 heavy (non-hydrogen) atoms. The zero-order valence-corrected chi connectivity index (χ0v) is 8.81. The molecule has 1 atom stereocenters. The molecule has 5 heteroatoms. The first-order valence-corrected chi connectivity index (χ1v) is 5.53. The Morgan fingerprint density at radius 2 is 2.00 bits per heavy atom. The third kappa shape index (κ3) is 13.6. The Morgan fingerprint density at radius 3 is 2.36 bits per heavy atom. The summed E-state index contributed by atoms with van der Waals surface area (Å²) in [7, 11) is -3.21. The molecule has 3 nitrogen and oxygen atoms in total. The molecule has 0 aliphatic carbocycles. The van der Waals surface area contributed by atoms with Crippen LogP contribution in [0, 0.1) is 0 Å². The molecule has 0 aliphatic rings. The van der Waals surface area contributed by atoms with Crippen molar-refractivity contribution < 1.29 is 30.8 Å². The van der Waals surface area contributed by atoms with Crippen molar-refractivity contribution in [1.82, 2.24) is 0 Å². The fraction of sp³-hybridized carbons (Fsp3) is 1.00. The molecule has 0 rings (SSSR count). The van der Waals surface area contributed by atoms with Gasteiger partial charge in [-0.2, -0.15) is 0 Å². The van der Waals surface area contributed by atoms with Crippen LogP contribution in [0.1, 0.15) is 26.2 Å². The zero-order chi connectivity index (χ0) is 8.04. The van der Waals surface area contributed by atoms with Crippen molar-refractivity contribution in [1.29, 1.82) is 0 Å². The minimum atomic E-state index is -3.21. The van der Waals surface area contributed by atoms with E-state index in [1.165, 1.54) is 6.66 Å². The third-order valence-electron chi connectivity index (χ3n) is 1.08. The van der Waals surface area contributed by atoms with Crippen molar-refractivity contribution in [2.75, 3.05) is 13.3 Å². The Labute approximate surface area is 78.3 Å². The van der Waals surface area contributed by atoms with Crippen LogP contribution in [0.4, 0.5) is 0 Å². The zero-order valence-electron chi connectivity index (χ0n) is 6.87. The number of unbranched alkanes of at least 4 members (excludes halogenated alkanes) is 2. The predicted octanol–water partition coefficient (Wildman–Crippen LogP) is 2.01. The molecule has 0 aliphatic heterocycles. The van der Waals surface area contributed by atoms with Gasteiger partial charge >= 0.3 is 7.60 Å². The van der Waals surface area contributed by atoms with Crippen LogP contribution < -0.4 is 0 Å². The summed E-state index contributed by atoms with van der Waals surface area (Å²) in [6.07, 6.45) is 3.03. The summed E-state index contributed by atoms with van der Waals surface area (Å²) in [5.41, 5.74) is 0. The van der Waals surface area contributed by atoms with E-state index in [0.29, 0.717) is 6.61 Å². The van der Waals surface area contributed by atoms with Crippen molar-refractivity contribution in [2.24, 2.45) is 0 Å². The van der Waals surface area contributed by atoms with Gasteiger partial charge in [0.25, 0.3) is 0 Å². The van der Waals surface area contributed by atoms with Gasteiger partial charge in [-0.1, -0.05) is 19.8 Å². The summed E-state index contributed by atoms with van der Waals surface area (Å²) in [4.78, 5) is 8.65. The van der Waals surface area contributed by atoms with Crippen molar-refractivity contribution >= 4 is 7.60 Å². The van der Waals surface area contributed by atoms with E-state index >= 15 is 0 Å². The summed E-state index contributed by atoms with van der Waals surface area (Å²) in [6.45, 7) is 3.68. The molecule has 0 aromatic carbocycles. The quantitative estimate of drug-likeness (QED) is 0.575. The minimum absolute atomic E-state index is 0. The number of hydrogen-bond acceptors (Lipinski definition) is 2. The van der Waals surface area contributed by atoms with Crippen molar-refractivity contribution in [3.63, 3.8) is 0 Å². The van der Waals surface area contributed by atoms with E-state index in [9.17, 15) is 4.57 Å². The van der Waals surface area contributed by atoms with E-state index in [0.717, 1.165) is 19.3 Å². The smallest absolute Gasteiger partial charge is 0.324 e. The maximum atomic E-state index is 10.5.